The van der Waals surface area contributed by atoms with Crippen molar-refractivity contribution < 1.29 is 28.5 Å². The van der Waals surface area contributed by atoms with E-state index in [1.165, 1.54) is 6.07 Å². The quantitative estimate of drug-likeness (QED) is 0.828. The van der Waals surface area contributed by atoms with E-state index in [2.05, 4.69) is 19.8 Å². The molecule has 0 saturated heterocycles. The van der Waals surface area contributed by atoms with Crippen LogP contribution < -0.4 is 14.8 Å². The van der Waals surface area contributed by atoms with E-state index in [4.69, 9.17) is 9.47 Å². The zero-order valence-corrected chi connectivity index (χ0v) is 12.4. The Balaban J connectivity index is 3.05. The van der Waals surface area contributed by atoms with Crippen molar-refractivity contribution in [2.75, 3.05) is 25.6 Å². The van der Waals surface area contributed by atoms with Gasteiger partial charge in [0.15, 0.2) is 5.75 Å². The van der Waals surface area contributed by atoms with Gasteiger partial charge in [-0.2, -0.15) is 0 Å². The van der Waals surface area contributed by atoms with Crippen LogP contribution in [-0.4, -0.2) is 37.6 Å². The summed E-state index contributed by atoms with van der Waals surface area (Å²) in [6.07, 6.45) is -1.85. The summed E-state index contributed by atoms with van der Waals surface area (Å²) in [4.78, 5) is 26.8. The fourth-order valence-electron chi connectivity index (χ4n) is 1.43. The van der Waals surface area contributed by atoms with Gasteiger partial charge in [0.25, 0.3) is 5.88 Å². The highest BCUT2D eigenvalue weighted by Crippen LogP contribution is 2.30. The number of rotatable bonds is 5. The van der Waals surface area contributed by atoms with Crippen molar-refractivity contribution in [2.45, 2.75) is 20.8 Å². The minimum absolute atomic E-state index is 0.0450. The van der Waals surface area contributed by atoms with Gasteiger partial charge in [0.05, 0.1) is 24.6 Å². The van der Waals surface area contributed by atoms with Crippen molar-refractivity contribution in [1.82, 2.24) is 4.98 Å². The SMILES string of the molecule is CCOC(=O)Oc1cc(NC)c(C)nc1OC(=O)OCC. The molecule has 0 atom stereocenters. The first-order valence-electron chi connectivity index (χ1n) is 6.40. The van der Waals surface area contributed by atoms with Gasteiger partial charge in [-0.1, -0.05) is 0 Å². The molecule has 0 aliphatic carbocycles. The lowest BCUT2D eigenvalue weighted by Gasteiger charge is -2.12. The van der Waals surface area contributed by atoms with Crippen molar-refractivity contribution in [3.05, 3.63) is 11.8 Å². The molecular weight excluding hydrogens is 280 g/mol. The molecule has 0 spiro atoms. The number of nitrogens with one attached hydrogen (secondary N) is 1. The monoisotopic (exact) mass is 298 g/mol. The van der Waals surface area contributed by atoms with Gasteiger partial charge in [-0.25, -0.2) is 14.6 Å². The number of aryl methyl sites for hydroxylation is 1. The Morgan fingerprint density at radius 2 is 1.71 bits per heavy atom. The predicted octanol–water partition coefficient (Wildman–Crippen LogP) is 2.50. The zero-order valence-electron chi connectivity index (χ0n) is 12.4. The highest BCUT2D eigenvalue weighted by molar-refractivity contribution is 5.69. The van der Waals surface area contributed by atoms with Crippen LogP contribution in [0.15, 0.2) is 6.07 Å². The van der Waals surface area contributed by atoms with Crippen LogP contribution >= 0.6 is 0 Å². The number of hydrogen-bond acceptors (Lipinski definition) is 8. The lowest BCUT2D eigenvalue weighted by molar-refractivity contribution is 0.0925. The Labute approximate surface area is 122 Å². The second kappa shape index (κ2) is 7.93. The smallest absolute Gasteiger partial charge is 0.434 e. The number of aromatic nitrogens is 1. The summed E-state index contributed by atoms with van der Waals surface area (Å²) >= 11 is 0. The first kappa shape index (κ1) is 16.5. The van der Waals surface area contributed by atoms with E-state index in [-0.39, 0.29) is 24.8 Å². The molecule has 21 heavy (non-hydrogen) atoms. The third kappa shape index (κ3) is 4.83. The summed E-state index contributed by atoms with van der Waals surface area (Å²) in [6.45, 7) is 5.30. The molecule has 1 N–H and O–H groups in total. The van der Waals surface area contributed by atoms with Gasteiger partial charge in [0, 0.05) is 13.1 Å². The number of carbonyl (C=O) groups excluding carboxylic acids is 2. The molecule has 1 aromatic rings. The molecule has 0 bridgehead atoms. The molecule has 116 valence electrons. The summed E-state index contributed by atoms with van der Waals surface area (Å²) < 4.78 is 19.2. The van der Waals surface area contributed by atoms with Gasteiger partial charge in [0.2, 0.25) is 0 Å². The molecule has 0 aliphatic heterocycles. The van der Waals surface area contributed by atoms with Crippen molar-refractivity contribution in [3.63, 3.8) is 0 Å². The van der Waals surface area contributed by atoms with E-state index < -0.39 is 12.3 Å². The van der Waals surface area contributed by atoms with Gasteiger partial charge in [-0.05, 0) is 20.8 Å². The summed E-state index contributed by atoms with van der Waals surface area (Å²) in [5, 5.41) is 2.88. The van der Waals surface area contributed by atoms with Crippen molar-refractivity contribution in [2.24, 2.45) is 0 Å². The molecule has 0 aromatic carbocycles. The maximum absolute atomic E-state index is 11.4. The summed E-state index contributed by atoms with van der Waals surface area (Å²) in [6, 6.07) is 1.48. The molecule has 0 amide bonds. The van der Waals surface area contributed by atoms with Gasteiger partial charge in [0.1, 0.15) is 0 Å². The first-order chi connectivity index (χ1) is 10.0. The fraction of sp³-hybridized carbons (Fsp3) is 0.462. The highest BCUT2D eigenvalue weighted by Gasteiger charge is 2.19. The molecule has 8 nitrogen and oxygen atoms in total. The lowest BCUT2D eigenvalue weighted by Crippen LogP contribution is -2.15. The molecular formula is C13H18N2O6. The third-order valence-electron chi connectivity index (χ3n) is 2.31. The molecule has 0 unspecified atom stereocenters. The normalized spacial score (nSPS) is 9.71. The van der Waals surface area contributed by atoms with Gasteiger partial charge < -0.3 is 24.3 Å². The van der Waals surface area contributed by atoms with Crippen LogP contribution in [0.3, 0.4) is 0 Å². The Morgan fingerprint density at radius 3 is 2.24 bits per heavy atom. The van der Waals surface area contributed by atoms with Crippen LogP contribution in [-0.2, 0) is 9.47 Å². The van der Waals surface area contributed by atoms with Crippen LogP contribution in [0.2, 0.25) is 0 Å². The average Bonchev–Trinajstić information content (AvgIpc) is 2.42. The van der Waals surface area contributed by atoms with Gasteiger partial charge in [-0.15, -0.1) is 0 Å². The number of ether oxygens (including phenoxy) is 4. The minimum Gasteiger partial charge on any atom is -0.434 e. The van der Waals surface area contributed by atoms with Crippen molar-refractivity contribution >= 4 is 18.0 Å². The number of anilines is 1. The number of carbonyl (C=O) groups is 2. The Bertz CT molecular complexity index is 518. The molecule has 8 heteroatoms. The molecule has 0 radical (unpaired) electrons. The summed E-state index contributed by atoms with van der Waals surface area (Å²) in [5.41, 5.74) is 1.18. The molecule has 0 aliphatic rings. The summed E-state index contributed by atoms with van der Waals surface area (Å²) in [5.74, 6) is -0.213. The van der Waals surface area contributed by atoms with E-state index in [1.54, 1.807) is 27.8 Å². The predicted molar refractivity (Wildman–Crippen MR) is 73.8 cm³/mol. The van der Waals surface area contributed by atoms with Crippen molar-refractivity contribution in [1.29, 1.82) is 0 Å². The van der Waals surface area contributed by atoms with E-state index >= 15 is 0 Å². The van der Waals surface area contributed by atoms with Crippen LogP contribution in [0, 0.1) is 6.92 Å². The lowest BCUT2D eigenvalue weighted by atomic mass is 10.3. The molecule has 1 heterocycles. The topological polar surface area (TPSA) is 96.0 Å². The first-order valence-corrected chi connectivity index (χ1v) is 6.40. The molecule has 0 saturated carbocycles. The van der Waals surface area contributed by atoms with Crippen LogP contribution in [0.25, 0.3) is 0 Å². The number of pyridine rings is 1. The largest absolute Gasteiger partial charge is 0.515 e. The third-order valence-corrected chi connectivity index (χ3v) is 2.31. The van der Waals surface area contributed by atoms with Crippen molar-refractivity contribution in [3.8, 4) is 11.6 Å². The molecule has 1 aromatic heterocycles. The Morgan fingerprint density at radius 1 is 1.14 bits per heavy atom. The zero-order chi connectivity index (χ0) is 15.8. The minimum atomic E-state index is -0.935. The maximum Gasteiger partial charge on any atom is 0.515 e. The summed E-state index contributed by atoms with van der Waals surface area (Å²) in [7, 11) is 1.68. The van der Waals surface area contributed by atoms with Gasteiger partial charge >= 0.3 is 12.3 Å². The number of hydrogen-bond donors (Lipinski definition) is 1. The second-order valence-corrected chi connectivity index (χ2v) is 3.74. The molecule has 0 fully saturated rings. The van der Waals surface area contributed by atoms with Gasteiger partial charge in [-0.3, -0.25) is 0 Å². The average molecular weight is 298 g/mol. The highest BCUT2D eigenvalue weighted by atomic mass is 16.7. The van der Waals surface area contributed by atoms with E-state index in [0.717, 1.165) is 0 Å². The molecule has 1 rings (SSSR count). The van der Waals surface area contributed by atoms with E-state index in [0.29, 0.717) is 11.4 Å². The fourth-order valence-corrected chi connectivity index (χ4v) is 1.43. The van der Waals surface area contributed by atoms with E-state index in [1.807, 2.05) is 0 Å². The number of nitrogens with zero attached hydrogens (tertiary/aromatic N) is 1. The Kier molecular flexibility index (Phi) is 6.25. The van der Waals surface area contributed by atoms with Crippen LogP contribution in [0.5, 0.6) is 11.6 Å². The van der Waals surface area contributed by atoms with Crippen LogP contribution in [0.1, 0.15) is 19.5 Å². The second-order valence-electron chi connectivity index (χ2n) is 3.74. The Hall–Kier alpha value is -2.51. The maximum atomic E-state index is 11.4. The van der Waals surface area contributed by atoms with Crippen LogP contribution in [0.4, 0.5) is 15.3 Å². The van der Waals surface area contributed by atoms with E-state index in [9.17, 15) is 9.59 Å². The standard InChI is InChI=1S/C13H18N2O6/c1-5-18-12(16)20-10-7-9(14-4)8(3)15-11(10)21-13(17)19-6-2/h7,14H,5-6H2,1-4H3.